The zero-order valence-corrected chi connectivity index (χ0v) is 15.7. The Kier molecular flexibility index (Phi) is 4.33. The second-order valence-corrected chi connectivity index (χ2v) is 7.11. The molecular weight excluding hydrogens is 330 g/mol. The zero-order valence-electron chi connectivity index (χ0n) is 15.7. The van der Waals surface area contributed by atoms with E-state index < -0.39 is 0 Å². The topological polar surface area (TPSA) is 54.7 Å². The second-order valence-electron chi connectivity index (χ2n) is 7.11. The van der Waals surface area contributed by atoms with Crippen LogP contribution in [-0.4, -0.2) is 4.57 Å². The SMILES string of the molecule is CCC1=CC(n2cc(-c3cccc(N)c3C)c3cc(C#N)ccc32)CC=C1. The summed E-state index contributed by atoms with van der Waals surface area (Å²) in [5.74, 6) is 0. The number of nitriles is 1. The van der Waals surface area contributed by atoms with Gasteiger partial charge in [0.2, 0.25) is 0 Å². The summed E-state index contributed by atoms with van der Waals surface area (Å²) in [6.45, 7) is 4.24. The molecule has 0 fully saturated rings. The van der Waals surface area contributed by atoms with E-state index in [1.807, 2.05) is 24.3 Å². The summed E-state index contributed by atoms with van der Waals surface area (Å²) in [7, 11) is 0. The Labute approximate surface area is 160 Å². The van der Waals surface area contributed by atoms with Crippen LogP contribution in [0, 0.1) is 18.3 Å². The Bertz CT molecular complexity index is 1120. The van der Waals surface area contributed by atoms with Gasteiger partial charge >= 0.3 is 0 Å². The largest absolute Gasteiger partial charge is 0.398 e. The summed E-state index contributed by atoms with van der Waals surface area (Å²) >= 11 is 0. The van der Waals surface area contributed by atoms with Gasteiger partial charge in [0.15, 0.2) is 0 Å². The van der Waals surface area contributed by atoms with Crippen molar-refractivity contribution in [1.29, 1.82) is 5.26 Å². The number of benzene rings is 2. The van der Waals surface area contributed by atoms with Gasteiger partial charge in [0.05, 0.1) is 17.7 Å². The lowest BCUT2D eigenvalue weighted by Crippen LogP contribution is -2.07. The first-order valence-corrected chi connectivity index (χ1v) is 9.39. The number of allylic oxidation sites excluding steroid dienone is 4. The lowest BCUT2D eigenvalue weighted by Gasteiger charge is -2.19. The average Bonchev–Trinajstić information content (AvgIpc) is 3.08. The van der Waals surface area contributed by atoms with Gasteiger partial charge in [0.1, 0.15) is 0 Å². The maximum atomic E-state index is 9.38. The highest BCUT2D eigenvalue weighted by Gasteiger charge is 2.18. The lowest BCUT2D eigenvalue weighted by atomic mass is 9.98. The van der Waals surface area contributed by atoms with Crippen molar-refractivity contribution in [1.82, 2.24) is 4.57 Å². The quantitative estimate of drug-likeness (QED) is 0.595. The summed E-state index contributed by atoms with van der Waals surface area (Å²) in [4.78, 5) is 0. The summed E-state index contributed by atoms with van der Waals surface area (Å²) in [6.07, 6.45) is 11.1. The number of hydrogen-bond donors (Lipinski definition) is 1. The smallest absolute Gasteiger partial charge is 0.0991 e. The van der Waals surface area contributed by atoms with Gasteiger partial charge in [-0.1, -0.05) is 42.9 Å². The van der Waals surface area contributed by atoms with Crippen LogP contribution < -0.4 is 5.73 Å². The highest BCUT2D eigenvalue weighted by molar-refractivity contribution is 5.98. The van der Waals surface area contributed by atoms with Crippen LogP contribution in [0.4, 0.5) is 5.69 Å². The van der Waals surface area contributed by atoms with E-state index in [0.717, 1.165) is 46.1 Å². The monoisotopic (exact) mass is 353 g/mol. The molecule has 2 aromatic carbocycles. The van der Waals surface area contributed by atoms with Gasteiger partial charge < -0.3 is 10.3 Å². The van der Waals surface area contributed by atoms with Crippen LogP contribution in [0.5, 0.6) is 0 Å². The summed E-state index contributed by atoms with van der Waals surface area (Å²) < 4.78 is 2.34. The molecule has 27 heavy (non-hydrogen) atoms. The first-order chi connectivity index (χ1) is 13.1. The Morgan fingerprint density at radius 2 is 2.07 bits per heavy atom. The fourth-order valence-electron chi connectivity index (χ4n) is 3.92. The molecule has 2 N–H and O–H groups in total. The molecule has 0 radical (unpaired) electrons. The standard InChI is InChI=1S/C24H23N3/c1-3-17-6-4-7-19(12-17)27-15-22(20-8-5-9-23(26)16(20)2)21-13-18(14-25)10-11-24(21)27/h4-6,8-13,15,19H,3,7,26H2,1-2H3. The number of rotatable bonds is 3. The Balaban J connectivity index is 1.97. The highest BCUT2D eigenvalue weighted by Crippen LogP contribution is 2.38. The minimum atomic E-state index is 0.288. The summed E-state index contributed by atoms with van der Waals surface area (Å²) in [5.41, 5.74) is 13.5. The third-order valence-electron chi connectivity index (χ3n) is 5.51. The third-order valence-corrected chi connectivity index (χ3v) is 5.51. The van der Waals surface area contributed by atoms with E-state index in [1.165, 1.54) is 5.57 Å². The molecule has 0 bridgehead atoms. The fourth-order valence-corrected chi connectivity index (χ4v) is 3.92. The number of anilines is 1. The first-order valence-electron chi connectivity index (χ1n) is 9.39. The van der Waals surface area contributed by atoms with Crippen molar-refractivity contribution in [2.24, 2.45) is 0 Å². The molecule has 0 saturated carbocycles. The van der Waals surface area contributed by atoms with E-state index in [0.29, 0.717) is 5.56 Å². The van der Waals surface area contributed by atoms with Crippen LogP contribution in [-0.2, 0) is 0 Å². The zero-order chi connectivity index (χ0) is 19.0. The second kappa shape index (κ2) is 6.81. The molecule has 4 rings (SSSR count). The number of aromatic nitrogens is 1. The van der Waals surface area contributed by atoms with Crippen LogP contribution in [0.2, 0.25) is 0 Å². The Hall–Kier alpha value is -3.25. The minimum absolute atomic E-state index is 0.288. The normalized spacial score (nSPS) is 16.3. The molecule has 0 aliphatic heterocycles. The van der Waals surface area contributed by atoms with Crippen molar-refractivity contribution in [3.05, 3.63) is 77.5 Å². The van der Waals surface area contributed by atoms with Crippen molar-refractivity contribution in [2.45, 2.75) is 32.7 Å². The Morgan fingerprint density at radius 3 is 2.85 bits per heavy atom. The maximum Gasteiger partial charge on any atom is 0.0991 e. The van der Waals surface area contributed by atoms with Crippen LogP contribution in [0.15, 0.2) is 66.4 Å². The molecule has 0 amide bonds. The molecule has 1 unspecified atom stereocenters. The fraction of sp³-hybridized carbons (Fsp3) is 0.208. The van der Waals surface area contributed by atoms with Gasteiger partial charge in [-0.2, -0.15) is 5.26 Å². The molecule has 3 heteroatoms. The van der Waals surface area contributed by atoms with E-state index in [1.54, 1.807) is 0 Å². The molecule has 1 aliphatic carbocycles. The average molecular weight is 353 g/mol. The molecule has 1 aliphatic rings. The number of fused-ring (bicyclic) bond motifs is 1. The van der Waals surface area contributed by atoms with Crippen LogP contribution in [0.25, 0.3) is 22.0 Å². The summed E-state index contributed by atoms with van der Waals surface area (Å²) in [6, 6.07) is 14.6. The maximum absolute atomic E-state index is 9.38. The first kappa shape index (κ1) is 17.2. The molecule has 134 valence electrons. The lowest BCUT2D eigenvalue weighted by molar-refractivity contribution is 0.623. The van der Waals surface area contributed by atoms with E-state index in [9.17, 15) is 5.26 Å². The van der Waals surface area contributed by atoms with Gasteiger partial charge in [0, 0.05) is 28.4 Å². The van der Waals surface area contributed by atoms with E-state index in [4.69, 9.17) is 5.73 Å². The molecular formula is C24H23N3. The van der Waals surface area contributed by atoms with E-state index in [2.05, 4.69) is 61.0 Å². The molecule has 0 spiro atoms. The van der Waals surface area contributed by atoms with Crippen molar-refractivity contribution in [2.75, 3.05) is 5.73 Å². The van der Waals surface area contributed by atoms with E-state index >= 15 is 0 Å². The van der Waals surface area contributed by atoms with Gasteiger partial charge in [0.25, 0.3) is 0 Å². The molecule has 1 heterocycles. The van der Waals surface area contributed by atoms with Gasteiger partial charge in [-0.05, 0) is 55.2 Å². The van der Waals surface area contributed by atoms with Crippen LogP contribution in [0.3, 0.4) is 0 Å². The van der Waals surface area contributed by atoms with Crippen LogP contribution >= 0.6 is 0 Å². The van der Waals surface area contributed by atoms with E-state index in [-0.39, 0.29) is 6.04 Å². The van der Waals surface area contributed by atoms with Crippen LogP contribution in [0.1, 0.15) is 36.9 Å². The molecule has 3 aromatic rings. The number of hydrogen-bond acceptors (Lipinski definition) is 2. The molecule has 1 aromatic heterocycles. The molecule has 3 nitrogen and oxygen atoms in total. The number of nitrogens with two attached hydrogens (primary N) is 1. The molecule has 1 atom stereocenters. The van der Waals surface area contributed by atoms with Gasteiger partial charge in [-0.25, -0.2) is 0 Å². The summed E-state index contributed by atoms with van der Waals surface area (Å²) in [5, 5.41) is 10.5. The van der Waals surface area contributed by atoms with Gasteiger partial charge in [-0.15, -0.1) is 0 Å². The van der Waals surface area contributed by atoms with Crippen molar-refractivity contribution in [3.63, 3.8) is 0 Å². The van der Waals surface area contributed by atoms with Crippen molar-refractivity contribution < 1.29 is 0 Å². The number of nitrogen functional groups attached to an aromatic ring is 1. The van der Waals surface area contributed by atoms with Gasteiger partial charge in [-0.3, -0.25) is 0 Å². The minimum Gasteiger partial charge on any atom is -0.398 e. The van der Waals surface area contributed by atoms with Crippen molar-refractivity contribution in [3.8, 4) is 17.2 Å². The van der Waals surface area contributed by atoms with Crippen molar-refractivity contribution >= 4 is 16.6 Å². The highest BCUT2D eigenvalue weighted by atomic mass is 15.0. The number of nitrogens with zero attached hydrogens (tertiary/aromatic N) is 2. The molecule has 0 saturated heterocycles. The Morgan fingerprint density at radius 1 is 1.22 bits per heavy atom. The third kappa shape index (κ3) is 2.94. The predicted octanol–water partition coefficient (Wildman–Crippen LogP) is 5.91. The predicted molar refractivity (Wildman–Crippen MR) is 112 cm³/mol.